The maximum Gasteiger partial charge on any atom is 0.341 e. The molecule has 0 atom stereocenters. The van der Waals surface area contributed by atoms with Crippen molar-refractivity contribution in [2.24, 2.45) is 0 Å². The van der Waals surface area contributed by atoms with Gasteiger partial charge in [0.25, 0.3) is 0 Å². The molecule has 3 aromatic carbocycles. The largest absolute Gasteiger partial charge is 0.497 e. The normalized spacial score (nSPS) is 11.5. The molecule has 0 spiro atoms. The number of rotatable bonds is 5. The second-order valence-electron chi connectivity index (χ2n) is 6.43. The molecule has 0 N–H and O–H groups in total. The minimum atomic E-state index is -4.50. The molecule has 0 radical (unpaired) electrons. The lowest BCUT2D eigenvalue weighted by Gasteiger charge is -2.13. The van der Waals surface area contributed by atoms with E-state index in [0.717, 1.165) is 6.07 Å². The predicted molar refractivity (Wildman–Crippen MR) is 119 cm³/mol. The zero-order chi connectivity index (χ0) is 22.2. The van der Waals surface area contributed by atoms with Gasteiger partial charge in [-0.2, -0.15) is 8.42 Å². The van der Waals surface area contributed by atoms with Gasteiger partial charge in [-0.15, -0.1) is 0 Å². The standard InChI is InChI=1S/C22H14Cl2O6S/c1-28-15-9-6-13(7-10-15)21-22(20(25)16-4-2-3-5-18(16)29-21)30-31(26,27)19-12-14(23)8-11-17(19)24/h2-12H,1H3. The molecule has 4 rings (SSSR count). The van der Waals surface area contributed by atoms with Gasteiger partial charge in [0.05, 0.1) is 17.5 Å². The first kappa shape index (κ1) is 21.2. The van der Waals surface area contributed by atoms with E-state index in [2.05, 4.69) is 0 Å². The van der Waals surface area contributed by atoms with Crippen molar-refractivity contribution >= 4 is 44.3 Å². The molecule has 9 heteroatoms. The fraction of sp³-hybridized carbons (Fsp3) is 0.0455. The Kier molecular flexibility index (Phi) is 5.66. The van der Waals surface area contributed by atoms with Gasteiger partial charge in [0.1, 0.15) is 16.2 Å². The van der Waals surface area contributed by atoms with E-state index < -0.39 is 21.3 Å². The quantitative estimate of drug-likeness (QED) is 0.351. The second-order valence-corrected chi connectivity index (χ2v) is 8.78. The van der Waals surface area contributed by atoms with Crippen LogP contribution in [0.25, 0.3) is 22.3 Å². The second kappa shape index (κ2) is 8.26. The van der Waals surface area contributed by atoms with Gasteiger partial charge in [0, 0.05) is 10.6 Å². The molecular weight excluding hydrogens is 463 g/mol. The number of para-hydroxylation sites is 1. The van der Waals surface area contributed by atoms with Crippen molar-refractivity contribution in [3.8, 4) is 22.8 Å². The molecule has 158 valence electrons. The summed E-state index contributed by atoms with van der Waals surface area (Å²) >= 11 is 12.0. The van der Waals surface area contributed by atoms with E-state index in [1.165, 1.54) is 25.3 Å². The van der Waals surface area contributed by atoms with Crippen LogP contribution in [0.4, 0.5) is 0 Å². The Morgan fingerprint density at radius 2 is 1.65 bits per heavy atom. The highest BCUT2D eigenvalue weighted by molar-refractivity contribution is 7.87. The van der Waals surface area contributed by atoms with Gasteiger partial charge in [0.2, 0.25) is 11.2 Å². The average Bonchev–Trinajstić information content (AvgIpc) is 2.77. The lowest BCUT2D eigenvalue weighted by atomic mass is 10.1. The van der Waals surface area contributed by atoms with Crippen LogP contribution >= 0.6 is 23.2 Å². The summed E-state index contributed by atoms with van der Waals surface area (Å²) in [5, 5.41) is 0.218. The Balaban J connectivity index is 1.94. The molecule has 0 amide bonds. The van der Waals surface area contributed by atoms with E-state index in [-0.39, 0.29) is 31.7 Å². The highest BCUT2D eigenvalue weighted by Crippen LogP contribution is 2.35. The van der Waals surface area contributed by atoms with E-state index in [1.807, 2.05) is 0 Å². The third kappa shape index (κ3) is 4.12. The number of hydrogen-bond donors (Lipinski definition) is 0. The van der Waals surface area contributed by atoms with E-state index in [9.17, 15) is 13.2 Å². The summed E-state index contributed by atoms with van der Waals surface area (Å²) in [5.74, 6) is 0.0423. The Labute approximate surface area is 187 Å². The Hall–Kier alpha value is -3.00. The average molecular weight is 477 g/mol. The van der Waals surface area contributed by atoms with Gasteiger partial charge in [-0.05, 0) is 54.6 Å². The van der Waals surface area contributed by atoms with Crippen LogP contribution in [0.1, 0.15) is 0 Å². The summed E-state index contributed by atoms with van der Waals surface area (Å²) in [5.41, 5.74) is 0.0595. The van der Waals surface area contributed by atoms with E-state index >= 15 is 0 Å². The lowest BCUT2D eigenvalue weighted by molar-refractivity contribution is 0.415. The SMILES string of the molecule is COc1ccc(-c2oc3ccccc3c(=O)c2OS(=O)(=O)c2cc(Cl)ccc2Cl)cc1. The van der Waals surface area contributed by atoms with Crippen LogP contribution < -0.4 is 14.3 Å². The first-order valence-electron chi connectivity index (χ1n) is 8.90. The lowest BCUT2D eigenvalue weighted by Crippen LogP contribution is -2.17. The van der Waals surface area contributed by atoms with Crippen LogP contribution in [0.2, 0.25) is 10.0 Å². The maximum atomic E-state index is 13.2. The van der Waals surface area contributed by atoms with Gasteiger partial charge >= 0.3 is 10.1 Å². The van der Waals surface area contributed by atoms with Gasteiger partial charge in [-0.25, -0.2) is 0 Å². The number of halogens is 2. The summed E-state index contributed by atoms with van der Waals surface area (Å²) in [7, 11) is -2.99. The molecule has 1 aromatic heterocycles. The van der Waals surface area contributed by atoms with Crippen LogP contribution in [-0.4, -0.2) is 15.5 Å². The third-order valence-electron chi connectivity index (χ3n) is 4.46. The first-order valence-corrected chi connectivity index (χ1v) is 11.1. The van der Waals surface area contributed by atoms with Crippen molar-refractivity contribution in [3.05, 3.63) is 87.0 Å². The highest BCUT2D eigenvalue weighted by Gasteiger charge is 2.27. The van der Waals surface area contributed by atoms with Gasteiger partial charge in [0.15, 0.2) is 5.76 Å². The summed E-state index contributed by atoms with van der Waals surface area (Å²) in [6.07, 6.45) is 0. The molecule has 0 unspecified atom stereocenters. The minimum absolute atomic E-state index is 0.0481. The van der Waals surface area contributed by atoms with Crippen LogP contribution in [0, 0.1) is 0 Å². The summed E-state index contributed by atoms with van der Waals surface area (Å²) in [4.78, 5) is 12.8. The van der Waals surface area contributed by atoms with Crippen molar-refractivity contribution in [2.75, 3.05) is 7.11 Å². The van der Waals surface area contributed by atoms with Gasteiger partial charge in [-0.3, -0.25) is 4.79 Å². The van der Waals surface area contributed by atoms with Gasteiger partial charge in [-0.1, -0.05) is 35.3 Å². The molecule has 0 saturated heterocycles. The van der Waals surface area contributed by atoms with Crippen LogP contribution in [0.5, 0.6) is 11.5 Å². The molecule has 1 heterocycles. The van der Waals surface area contributed by atoms with Crippen molar-refractivity contribution in [3.63, 3.8) is 0 Å². The Morgan fingerprint density at radius 3 is 2.35 bits per heavy atom. The number of methoxy groups -OCH3 is 1. The minimum Gasteiger partial charge on any atom is -0.497 e. The van der Waals surface area contributed by atoms with Crippen LogP contribution in [-0.2, 0) is 10.1 Å². The third-order valence-corrected chi connectivity index (χ3v) is 6.40. The summed E-state index contributed by atoms with van der Waals surface area (Å²) in [6.45, 7) is 0. The highest BCUT2D eigenvalue weighted by atomic mass is 35.5. The molecule has 6 nitrogen and oxygen atoms in total. The maximum absolute atomic E-state index is 13.2. The van der Waals surface area contributed by atoms with Gasteiger partial charge < -0.3 is 13.3 Å². The summed E-state index contributed by atoms with van der Waals surface area (Å²) in [6, 6.07) is 16.9. The van der Waals surface area contributed by atoms with Crippen molar-refractivity contribution in [1.29, 1.82) is 0 Å². The predicted octanol–water partition coefficient (Wildman–Crippen LogP) is 5.54. The molecule has 31 heavy (non-hydrogen) atoms. The van der Waals surface area contributed by atoms with Crippen molar-refractivity contribution in [2.45, 2.75) is 4.90 Å². The molecule has 0 saturated carbocycles. The van der Waals surface area contributed by atoms with Crippen LogP contribution in [0.15, 0.2) is 80.8 Å². The summed E-state index contributed by atoms with van der Waals surface area (Å²) < 4.78 is 42.3. The number of fused-ring (bicyclic) bond motifs is 1. The fourth-order valence-corrected chi connectivity index (χ4v) is 4.63. The molecular formula is C22H14Cl2O6S. The zero-order valence-electron chi connectivity index (χ0n) is 16.0. The smallest absolute Gasteiger partial charge is 0.341 e. The first-order chi connectivity index (χ1) is 14.8. The monoisotopic (exact) mass is 476 g/mol. The van der Waals surface area contributed by atoms with Crippen molar-refractivity contribution in [1.82, 2.24) is 0 Å². The fourth-order valence-electron chi connectivity index (χ4n) is 2.96. The molecule has 0 aliphatic rings. The Bertz CT molecular complexity index is 1440. The Morgan fingerprint density at radius 1 is 0.935 bits per heavy atom. The van der Waals surface area contributed by atoms with Crippen molar-refractivity contribution < 1.29 is 21.8 Å². The molecule has 0 aliphatic carbocycles. The molecule has 0 aliphatic heterocycles. The molecule has 0 bridgehead atoms. The molecule has 4 aromatic rings. The number of ether oxygens (including phenoxy) is 1. The zero-order valence-corrected chi connectivity index (χ0v) is 18.3. The van der Waals surface area contributed by atoms with E-state index in [4.69, 9.17) is 36.5 Å². The van der Waals surface area contributed by atoms with E-state index in [0.29, 0.717) is 11.3 Å². The van der Waals surface area contributed by atoms with E-state index in [1.54, 1.807) is 42.5 Å². The topological polar surface area (TPSA) is 82.8 Å². The molecule has 0 fully saturated rings. The number of hydrogen-bond acceptors (Lipinski definition) is 6. The van der Waals surface area contributed by atoms with Crippen LogP contribution in [0.3, 0.4) is 0 Å². The number of benzene rings is 3.